The fourth-order valence-corrected chi connectivity index (χ4v) is 2.39. The van der Waals surface area contributed by atoms with Gasteiger partial charge in [0.1, 0.15) is 18.5 Å². The van der Waals surface area contributed by atoms with Gasteiger partial charge in [-0.25, -0.2) is 0 Å². The van der Waals surface area contributed by atoms with Crippen molar-refractivity contribution in [2.75, 3.05) is 13.2 Å². The molecule has 1 aliphatic rings. The first-order valence-electron chi connectivity index (χ1n) is 7.41. The van der Waals surface area contributed by atoms with Crippen molar-refractivity contribution in [3.8, 4) is 5.75 Å². The van der Waals surface area contributed by atoms with Gasteiger partial charge in [0.15, 0.2) is 0 Å². The zero-order chi connectivity index (χ0) is 14.4. The van der Waals surface area contributed by atoms with Crippen LogP contribution in [-0.2, 0) is 0 Å². The van der Waals surface area contributed by atoms with E-state index in [9.17, 15) is 5.11 Å². The number of nitrogens with one attached hydrogen (secondary N) is 1. The van der Waals surface area contributed by atoms with E-state index in [1.54, 1.807) is 0 Å². The van der Waals surface area contributed by atoms with Gasteiger partial charge in [-0.15, -0.1) is 0 Å². The summed E-state index contributed by atoms with van der Waals surface area (Å²) in [6.45, 7) is 4.98. The maximum absolute atomic E-state index is 10.00. The molecule has 0 fully saturated rings. The van der Waals surface area contributed by atoms with E-state index in [1.807, 2.05) is 26.0 Å². The third-order valence-corrected chi connectivity index (χ3v) is 3.69. The predicted molar refractivity (Wildman–Crippen MR) is 82.2 cm³/mol. The van der Waals surface area contributed by atoms with Crippen LogP contribution in [0.15, 0.2) is 30.4 Å². The van der Waals surface area contributed by atoms with Crippen LogP contribution in [0.5, 0.6) is 5.75 Å². The smallest absolute Gasteiger partial charge is 0.122 e. The Morgan fingerprint density at radius 3 is 2.95 bits per heavy atom. The van der Waals surface area contributed by atoms with Crippen molar-refractivity contribution in [3.63, 3.8) is 0 Å². The minimum absolute atomic E-state index is 0.333. The lowest BCUT2D eigenvalue weighted by atomic mass is 10.0. The Labute approximate surface area is 121 Å². The zero-order valence-corrected chi connectivity index (χ0v) is 12.4. The Kier molecular flexibility index (Phi) is 5.62. The molecule has 3 heteroatoms. The summed E-state index contributed by atoms with van der Waals surface area (Å²) in [5.74, 6) is 0.865. The lowest BCUT2D eigenvalue weighted by molar-refractivity contribution is 0.103. The molecule has 0 saturated heterocycles. The zero-order valence-electron chi connectivity index (χ0n) is 12.4. The molecular formula is C17H25NO2. The fraction of sp³-hybridized carbons (Fsp3) is 0.529. The maximum atomic E-state index is 10.00. The summed E-state index contributed by atoms with van der Waals surface area (Å²) in [7, 11) is 0. The van der Waals surface area contributed by atoms with Crippen molar-refractivity contribution in [1.29, 1.82) is 0 Å². The Balaban J connectivity index is 1.73. The highest BCUT2D eigenvalue weighted by Gasteiger charge is 2.12. The Hall–Kier alpha value is -1.32. The summed E-state index contributed by atoms with van der Waals surface area (Å²) < 4.78 is 5.72. The monoisotopic (exact) mass is 275 g/mol. The molecular weight excluding hydrogens is 250 g/mol. The number of benzene rings is 1. The second-order valence-corrected chi connectivity index (χ2v) is 5.62. The predicted octanol–water partition coefficient (Wildman–Crippen LogP) is 2.74. The van der Waals surface area contributed by atoms with E-state index in [-0.39, 0.29) is 0 Å². The van der Waals surface area contributed by atoms with Crippen LogP contribution < -0.4 is 10.1 Å². The van der Waals surface area contributed by atoms with Crippen LogP contribution in [0.2, 0.25) is 0 Å². The average molecular weight is 275 g/mol. The molecule has 1 aliphatic carbocycles. The van der Waals surface area contributed by atoms with Crippen molar-refractivity contribution >= 4 is 0 Å². The molecule has 2 atom stereocenters. The van der Waals surface area contributed by atoms with E-state index in [0.29, 0.717) is 19.2 Å². The highest BCUT2D eigenvalue weighted by Crippen LogP contribution is 2.19. The molecule has 2 unspecified atom stereocenters. The van der Waals surface area contributed by atoms with Crippen molar-refractivity contribution in [2.45, 2.75) is 45.3 Å². The summed E-state index contributed by atoms with van der Waals surface area (Å²) in [4.78, 5) is 0. The molecule has 2 N–H and O–H groups in total. The molecule has 1 aromatic rings. The third kappa shape index (κ3) is 4.66. The molecule has 0 heterocycles. The maximum Gasteiger partial charge on any atom is 0.122 e. The normalized spacial score (nSPS) is 19.9. The van der Waals surface area contributed by atoms with Crippen molar-refractivity contribution in [3.05, 3.63) is 41.5 Å². The van der Waals surface area contributed by atoms with Crippen molar-refractivity contribution < 1.29 is 9.84 Å². The highest BCUT2D eigenvalue weighted by molar-refractivity contribution is 5.35. The molecule has 0 radical (unpaired) electrons. The van der Waals surface area contributed by atoms with Gasteiger partial charge >= 0.3 is 0 Å². The van der Waals surface area contributed by atoms with Crippen LogP contribution in [0, 0.1) is 13.8 Å². The number of aryl methyl sites for hydroxylation is 2. The van der Waals surface area contributed by atoms with Crippen LogP contribution in [0.4, 0.5) is 0 Å². The van der Waals surface area contributed by atoms with Crippen LogP contribution in [0.1, 0.15) is 30.4 Å². The van der Waals surface area contributed by atoms with Crippen molar-refractivity contribution in [1.82, 2.24) is 5.32 Å². The molecule has 0 spiro atoms. The van der Waals surface area contributed by atoms with Gasteiger partial charge < -0.3 is 15.2 Å². The molecule has 0 saturated carbocycles. The number of hydrogen-bond acceptors (Lipinski definition) is 3. The largest absolute Gasteiger partial charge is 0.491 e. The number of allylic oxidation sites excluding steroid dienone is 1. The van der Waals surface area contributed by atoms with Gasteiger partial charge in [0.05, 0.1) is 0 Å². The Morgan fingerprint density at radius 2 is 2.20 bits per heavy atom. The first-order valence-corrected chi connectivity index (χ1v) is 7.41. The van der Waals surface area contributed by atoms with Gasteiger partial charge in [-0.1, -0.05) is 24.3 Å². The van der Waals surface area contributed by atoms with Crippen LogP contribution in [0.25, 0.3) is 0 Å². The van der Waals surface area contributed by atoms with E-state index < -0.39 is 6.10 Å². The molecule has 0 aliphatic heterocycles. The first-order chi connectivity index (χ1) is 9.65. The van der Waals surface area contributed by atoms with Gasteiger partial charge in [-0.3, -0.25) is 0 Å². The molecule has 3 nitrogen and oxygen atoms in total. The first kappa shape index (κ1) is 15.1. The molecule has 110 valence electrons. The number of hydrogen-bond donors (Lipinski definition) is 2. The van der Waals surface area contributed by atoms with Crippen LogP contribution >= 0.6 is 0 Å². The van der Waals surface area contributed by atoms with Gasteiger partial charge in [-0.2, -0.15) is 0 Å². The average Bonchev–Trinajstić information content (AvgIpc) is 2.47. The number of aliphatic hydroxyl groups excluding tert-OH is 1. The third-order valence-electron chi connectivity index (χ3n) is 3.69. The van der Waals surface area contributed by atoms with E-state index >= 15 is 0 Å². The van der Waals surface area contributed by atoms with Gasteiger partial charge in [-0.05, 0) is 50.3 Å². The topological polar surface area (TPSA) is 41.5 Å². The summed E-state index contributed by atoms with van der Waals surface area (Å²) in [6, 6.07) is 6.62. The van der Waals surface area contributed by atoms with Gasteiger partial charge in [0, 0.05) is 12.6 Å². The summed E-state index contributed by atoms with van der Waals surface area (Å²) in [5.41, 5.74) is 2.28. The lowest BCUT2D eigenvalue weighted by Gasteiger charge is -2.21. The minimum Gasteiger partial charge on any atom is -0.491 e. The molecule has 2 rings (SSSR count). The Morgan fingerprint density at radius 1 is 1.35 bits per heavy atom. The molecule has 1 aromatic carbocycles. The second kappa shape index (κ2) is 7.46. The van der Waals surface area contributed by atoms with E-state index in [4.69, 9.17) is 4.74 Å². The molecule has 0 amide bonds. The fourth-order valence-electron chi connectivity index (χ4n) is 2.39. The standard InChI is InChI=1S/C17H25NO2/c1-13-8-9-14(2)17(10-13)20-12-16(19)11-18-15-6-4-3-5-7-15/h3-4,8-10,15-16,18-19H,5-7,11-12H2,1-2H3. The van der Waals surface area contributed by atoms with Crippen LogP contribution in [-0.4, -0.2) is 30.4 Å². The highest BCUT2D eigenvalue weighted by atomic mass is 16.5. The summed E-state index contributed by atoms with van der Waals surface area (Å²) >= 11 is 0. The number of aliphatic hydroxyl groups is 1. The minimum atomic E-state index is -0.471. The Bertz CT molecular complexity index is 456. The molecule has 0 aromatic heterocycles. The molecule has 0 bridgehead atoms. The van der Waals surface area contributed by atoms with Gasteiger partial charge in [0.25, 0.3) is 0 Å². The quantitative estimate of drug-likeness (QED) is 0.784. The second-order valence-electron chi connectivity index (χ2n) is 5.62. The van der Waals surface area contributed by atoms with Crippen LogP contribution in [0.3, 0.4) is 0 Å². The summed E-state index contributed by atoms with van der Waals surface area (Å²) in [6.07, 6.45) is 7.30. The van der Waals surface area contributed by atoms with E-state index in [0.717, 1.165) is 30.6 Å². The lowest BCUT2D eigenvalue weighted by Crippen LogP contribution is -2.38. The van der Waals surface area contributed by atoms with Crippen molar-refractivity contribution in [2.24, 2.45) is 0 Å². The number of rotatable bonds is 6. The SMILES string of the molecule is Cc1ccc(C)c(OCC(O)CNC2CC=CCC2)c1. The summed E-state index contributed by atoms with van der Waals surface area (Å²) in [5, 5.41) is 13.4. The number of ether oxygens (including phenoxy) is 1. The van der Waals surface area contributed by atoms with E-state index in [2.05, 4.69) is 23.5 Å². The van der Waals surface area contributed by atoms with E-state index in [1.165, 1.54) is 5.56 Å². The van der Waals surface area contributed by atoms with Gasteiger partial charge in [0.2, 0.25) is 0 Å². The molecule has 20 heavy (non-hydrogen) atoms.